The number of benzene rings is 1. The van der Waals surface area contributed by atoms with Crippen molar-refractivity contribution < 1.29 is 42.2 Å². The molecule has 6 rings (SSSR count). The second-order valence-corrected chi connectivity index (χ2v) is 11.7. The third-order valence-electron chi connectivity index (χ3n) is 8.40. The van der Waals surface area contributed by atoms with E-state index in [1.165, 1.54) is 30.0 Å². The molecule has 0 amide bonds. The number of hydrogen-bond acceptors (Lipinski definition) is 6. The lowest BCUT2D eigenvalue weighted by atomic mass is 9.81. The van der Waals surface area contributed by atoms with Crippen molar-refractivity contribution in [2.45, 2.75) is 62.8 Å². The summed E-state index contributed by atoms with van der Waals surface area (Å²) in [4.78, 5) is 23.0. The minimum atomic E-state index is -5.19. The van der Waals surface area contributed by atoms with Crippen LogP contribution in [0.5, 0.6) is 0 Å². The number of hydrogen-bond donors (Lipinski definition) is 1. The lowest BCUT2D eigenvalue weighted by molar-refractivity contribution is -0.946. The van der Waals surface area contributed by atoms with E-state index in [1.54, 1.807) is 0 Å². The Kier molecular flexibility index (Phi) is 8.84. The molecule has 1 aromatic carbocycles. The molecule has 6 nitrogen and oxygen atoms in total. The summed E-state index contributed by atoms with van der Waals surface area (Å²) < 4.78 is 38.8. The summed E-state index contributed by atoms with van der Waals surface area (Å²) in [5.74, 6) is -2.99. The highest BCUT2D eigenvalue weighted by molar-refractivity contribution is 7.10. The van der Waals surface area contributed by atoms with Gasteiger partial charge >= 0.3 is 12.1 Å². The molecule has 1 aromatic heterocycles. The maximum Gasteiger partial charge on any atom is 0.430 e. The van der Waals surface area contributed by atoms with Crippen molar-refractivity contribution in [3.8, 4) is 0 Å². The number of alkyl halides is 3. The molecule has 4 heterocycles. The van der Waals surface area contributed by atoms with E-state index < -0.39 is 23.7 Å². The van der Waals surface area contributed by atoms with Crippen LogP contribution in [0.2, 0.25) is 0 Å². The van der Waals surface area contributed by atoms with E-state index in [0.29, 0.717) is 5.92 Å². The molecule has 4 fully saturated rings. The van der Waals surface area contributed by atoms with Crippen LogP contribution in [0.15, 0.2) is 47.8 Å². The standard InChI is InChI=1S/C26H34NO3S.C2HF3O2/c28-25(26(29,22-9-4-5-10-22)24-11-6-18-31-24)30-23-19-27(16-13-21(23)14-17-27)15-12-20-7-2-1-3-8-20;3-2(4,5)1(6)7/h1-3,6-8,11,18,21-23,29H,4-5,9-10,12-17,19H2;(H,6,7)/q+1;/p-1/t21?,23-,26-,27?;/m0./s1. The molecule has 2 bridgehead atoms. The first kappa shape index (κ1) is 28.6. The van der Waals surface area contributed by atoms with E-state index >= 15 is 0 Å². The lowest BCUT2D eigenvalue weighted by Crippen LogP contribution is -2.65. The molecule has 0 radical (unpaired) electrons. The van der Waals surface area contributed by atoms with Crippen LogP contribution in [0, 0.1) is 11.8 Å². The number of carboxylic acid groups (broad SMARTS) is 1. The normalized spacial score (nSPS) is 26.7. The molecule has 1 saturated carbocycles. The summed E-state index contributed by atoms with van der Waals surface area (Å²) in [5, 5.41) is 22.4. The predicted molar refractivity (Wildman–Crippen MR) is 134 cm³/mol. The number of fused-ring (bicyclic) bond motifs is 3. The van der Waals surface area contributed by atoms with E-state index in [9.17, 15) is 23.1 Å². The number of carboxylic acids is 1. The highest BCUT2D eigenvalue weighted by atomic mass is 32.1. The molecule has 38 heavy (non-hydrogen) atoms. The molecule has 4 aliphatic rings. The first-order valence-corrected chi connectivity index (χ1v) is 14.1. The van der Waals surface area contributed by atoms with Gasteiger partial charge in [0.2, 0.25) is 0 Å². The van der Waals surface area contributed by atoms with Crippen LogP contribution in [-0.2, 0) is 26.3 Å². The van der Waals surface area contributed by atoms with Crippen molar-refractivity contribution in [2.24, 2.45) is 11.8 Å². The molecule has 1 N–H and O–H groups in total. The van der Waals surface area contributed by atoms with Gasteiger partial charge in [-0.2, -0.15) is 13.2 Å². The molecule has 10 heteroatoms. The Morgan fingerprint density at radius 3 is 2.21 bits per heavy atom. The number of nitrogens with zero attached hydrogens (tertiary/aromatic N) is 1. The topological polar surface area (TPSA) is 86.7 Å². The first-order chi connectivity index (χ1) is 18.0. The number of aliphatic hydroxyl groups is 1. The van der Waals surface area contributed by atoms with Gasteiger partial charge in [-0.05, 0) is 29.9 Å². The SMILES string of the molecule is O=C(O[C@H]1C[N+]2(CCc3ccccc3)CCC1CC2)[C@@](O)(c1cccs1)C1CCCC1.O=C([O-])C(F)(F)F. The summed E-state index contributed by atoms with van der Waals surface area (Å²) in [5.41, 5.74) is -0.101. The van der Waals surface area contributed by atoms with E-state index in [1.807, 2.05) is 17.5 Å². The molecule has 1 aliphatic carbocycles. The van der Waals surface area contributed by atoms with Gasteiger partial charge in [0.1, 0.15) is 12.5 Å². The number of thiophene rings is 1. The van der Waals surface area contributed by atoms with Gasteiger partial charge in [0, 0.05) is 36.0 Å². The number of piperidine rings is 3. The number of halogens is 3. The van der Waals surface area contributed by atoms with Crippen molar-refractivity contribution in [2.75, 3.05) is 26.2 Å². The van der Waals surface area contributed by atoms with Crippen molar-refractivity contribution in [3.05, 3.63) is 58.3 Å². The highest BCUT2D eigenvalue weighted by Crippen LogP contribution is 2.44. The van der Waals surface area contributed by atoms with Crippen LogP contribution in [0.1, 0.15) is 49.0 Å². The van der Waals surface area contributed by atoms with E-state index in [0.717, 1.165) is 67.4 Å². The third-order valence-corrected chi connectivity index (χ3v) is 9.40. The summed E-state index contributed by atoms with van der Waals surface area (Å²) in [6.07, 6.45) is 1.99. The fourth-order valence-electron chi connectivity index (χ4n) is 6.21. The van der Waals surface area contributed by atoms with Crippen molar-refractivity contribution in [3.63, 3.8) is 0 Å². The lowest BCUT2D eigenvalue weighted by Gasteiger charge is -2.52. The molecule has 2 atom stereocenters. The monoisotopic (exact) mass is 553 g/mol. The number of ether oxygens (including phenoxy) is 1. The average Bonchev–Trinajstić information content (AvgIpc) is 3.64. The van der Waals surface area contributed by atoms with Gasteiger partial charge in [-0.3, -0.25) is 0 Å². The second-order valence-electron chi connectivity index (χ2n) is 10.7. The minimum absolute atomic E-state index is 0.0269. The van der Waals surface area contributed by atoms with Gasteiger partial charge in [0.25, 0.3) is 0 Å². The Morgan fingerprint density at radius 1 is 1.03 bits per heavy atom. The van der Waals surface area contributed by atoms with Crippen molar-refractivity contribution in [1.82, 2.24) is 0 Å². The van der Waals surface area contributed by atoms with Gasteiger partial charge < -0.3 is 24.2 Å². The highest BCUT2D eigenvalue weighted by Gasteiger charge is 2.53. The van der Waals surface area contributed by atoms with Gasteiger partial charge in [-0.1, -0.05) is 49.2 Å². The quantitative estimate of drug-likeness (QED) is 0.416. The number of quaternary nitrogens is 1. The van der Waals surface area contributed by atoms with Crippen LogP contribution in [0.25, 0.3) is 0 Å². The fraction of sp³-hybridized carbons (Fsp3) is 0.571. The Morgan fingerprint density at radius 2 is 1.66 bits per heavy atom. The number of aliphatic carboxylic acids is 1. The van der Waals surface area contributed by atoms with Gasteiger partial charge in [-0.15, -0.1) is 11.3 Å². The molecule has 2 aromatic rings. The minimum Gasteiger partial charge on any atom is -0.542 e. The molecular formula is C28H34F3NO5S. The smallest absolute Gasteiger partial charge is 0.430 e. The zero-order chi connectivity index (χ0) is 27.4. The fourth-order valence-corrected chi connectivity index (χ4v) is 7.11. The zero-order valence-electron chi connectivity index (χ0n) is 21.2. The summed E-state index contributed by atoms with van der Waals surface area (Å²) in [6, 6.07) is 14.5. The maximum absolute atomic E-state index is 13.5. The Labute approximate surface area is 224 Å². The van der Waals surface area contributed by atoms with Crippen LogP contribution < -0.4 is 5.11 Å². The largest absolute Gasteiger partial charge is 0.542 e. The van der Waals surface area contributed by atoms with Crippen LogP contribution in [0.3, 0.4) is 0 Å². The Balaban J connectivity index is 0.000000426. The number of carbonyl (C=O) groups excluding carboxylic acids is 2. The summed E-state index contributed by atoms with van der Waals surface area (Å²) >= 11 is 1.47. The number of carbonyl (C=O) groups is 2. The molecular weight excluding hydrogens is 519 g/mol. The van der Waals surface area contributed by atoms with Gasteiger partial charge in [-0.25, -0.2) is 4.79 Å². The molecule has 3 saturated heterocycles. The van der Waals surface area contributed by atoms with Gasteiger partial charge in [0.05, 0.1) is 19.6 Å². The average molecular weight is 554 g/mol. The molecule has 0 spiro atoms. The second kappa shape index (κ2) is 11.8. The molecule has 208 valence electrons. The Hall–Kier alpha value is -2.43. The van der Waals surface area contributed by atoms with Crippen molar-refractivity contribution >= 4 is 23.3 Å². The first-order valence-electron chi connectivity index (χ1n) is 13.2. The molecule has 0 unspecified atom stereocenters. The number of esters is 1. The molecule has 3 aliphatic heterocycles. The predicted octanol–water partition coefficient (Wildman–Crippen LogP) is 3.82. The Bertz CT molecular complexity index is 1060. The van der Waals surface area contributed by atoms with E-state index in [-0.39, 0.29) is 12.0 Å². The van der Waals surface area contributed by atoms with Crippen LogP contribution in [0.4, 0.5) is 13.2 Å². The number of rotatable bonds is 7. The van der Waals surface area contributed by atoms with E-state index in [2.05, 4.69) is 30.3 Å². The van der Waals surface area contributed by atoms with Gasteiger partial charge in [0.15, 0.2) is 11.7 Å². The summed E-state index contributed by atoms with van der Waals surface area (Å²) in [7, 11) is 0. The summed E-state index contributed by atoms with van der Waals surface area (Å²) in [6.45, 7) is 4.36. The van der Waals surface area contributed by atoms with Crippen LogP contribution in [-0.4, -0.2) is 60.0 Å². The van der Waals surface area contributed by atoms with Crippen LogP contribution >= 0.6 is 11.3 Å². The van der Waals surface area contributed by atoms with E-state index in [4.69, 9.17) is 14.6 Å². The zero-order valence-corrected chi connectivity index (χ0v) is 22.0. The van der Waals surface area contributed by atoms with Crippen molar-refractivity contribution in [1.29, 1.82) is 0 Å². The maximum atomic E-state index is 13.5. The third kappa shape index (κ3) is 6.40.